The summed E-state index contributed by atoms with van der Waals surface area (Å²) in [6.07, 6.45) is -0.219. The molecule has 1 aromatic heterocycles. The molecule has 0 bridgehead atoms. The highest BCUT2D eigenvalue weighted by atomic mass is 32.3. The zero-order valence-electron chi connectivity index (χ0n) is 21.7. The van der Waals surface area contributed by atoms with E-state index in [4.69, 9.17) is 4.74 Å². The van der Waals surface area contributed by atoms with E-state index in [-0.39, 0.29) is 26.7 Å². The van der Waals surface area contributed by atoms with E-state index in [1.165, 1.54) is 26.8 Å². The standard InChI is InChI=1S/C23H38N2O7S3/c1-9-22(7,20(27)15(5)32-23(8,10-2)16(6)26)25-35(30,31)19-13-17-18(24-11-3)12-14(4)34(28,29)21(17)33-19/h13-15,18,24-25H,9-12H2,1-8H3/t14-,15-,18-,22?,23?/m0/s1. The molecule has 2 N–H and O–H groups in total. The van der Waals surface area contributed by atoms with Gasteiger partial charge >= 0.3 is 0 Å². The maximum Gasteiger partial charge on any atom is 0.251 e. The first-order chi connectivity index (χ1) is 16.0. The van der Waals surface area contributed by atoms with Gasteiger partial charge in [-0.15, -0.1) is 11.3 Å². The second-order valence-corrected chi connectivity index (χ2v) is 15.1. The summed E-state index contributed by atoms with van der Waals surface area (Å²) >= 11 is 0.706. The molecule has 1 aliphatic rings. The zero-order chi connectivity index (χ0) is 27.0. The van der Waals surface area contributed by atoms with E-state index < -0.39 is 48.1 Å². The Morgan fingerprint density at radius 2 is 1.83 bits per heavy atom. The number of fused-ring (bicyclic) bond motifs is 1. The van der Waals surface area contributed by atoms with Gasteiger partial charge in [0, 0.05) is 11.6 Å². The fourth-order valence-corrected chi connectivity index (χ4v) is 9.57. The van der Waals surface area contributed by atoms with Crippen LogP contribution in [0, 0.1) is 0 Å². The molecule has 1 aliphatic heterocycles. The van der Waals surface area contributed by atoms with Gasteiger partial charge in [-0.25, -0.2) is 16.8 Å². The van der Waals surface area contributed by atoms with Crippen molar-refractivity contribution >= 4 is 42.8 Å². The first-order valence-corrected chi connectivity index (χ1v) is 15.7. The van der Waals surface area contributed by atoms with Gasteiger partial charge in [-0.1, -0.05) is 20.8 Å². The predicted octanol–water partition coefficient (Wildman–Crippen LogP) is 3.14. The monoisotopic (exact) mass is 550 g/mol. The first-order valence-electron chi connectivity index (χ1n) is 11.9. The summed E-state index contributed by atoms with van der Waals surface area (Å²) in [4.78, 5) is 25.4. The molecule has 0 amide bonds. The molecule has 2 rings (SSSR count). The Morgan fingerprint density at radius 3 is 2.31 bits per heavy atom. The molecule has 1 aromatic rings. The van der Waals surface area contributed by atoms with Gasteiger partial charge in [0.15, 0.2) is 21.4 Å². The summed E-state index contributed by atoms with van der Waals surface area (Å²) < 4.78 is 60.8. The van der Waals surface area contributed by atoms with Gasteiger partial charge in [-0.05, 0) is 66.5 Å². The Balaban J connectivity index is 2.42. The summed E-state index contributed by atoms with van der Waals surface area (Å²) in [5.41, 5.74) is -2.25. The summed E-state index contributed by atoms with van der Waals surface area (Å²) in [7, 11) is -7.90. The van der Waals surface area contributed by atoms with Crippen LogP contribution in [-0.4, -0.2) is 57.4 Å². The van der Waals surface area contributed by atoms with Crippen LogP contribution in [-0.2, 0) is 34.2 Å². The van der Waals surface area contributed by atoms with Gasteiger partial charge < -0.3 is 10.1 Å². The van der Waals surface area contributed by atoms with Gasteiger partial charge in [0.2, 0.25) is 0 Å². The number of sulfonamides is 1. The van der Waals surface area contributed by atoms with E-state index in [1.54, 1.807) is 27.7 Å². The van der Waals surface area contributed by atoms with Crippen molar-refractivity contribution < 1.29 is 31.2 Å². The number of ketones is 2. The SMILES string of the molecule is CCN[C@H]1C[C@H](C)S(=O)(=O)c2sc(S(=O)(=O)NC(C)(CC)C(=O)[C@H](C)OC(C)(CC)C(C)=O)cc21. The maximum atomic E-state index is 13.4. The topological polar surface area (TPSA) is 136 Å². The molecule has 0 saturated heterocycles. The van der Waals surface area contributed by atoms with Crippen LogP contribution >= 0.6 is 11.3 Å². The minimum absolute atomic E-state index is 0.0453. The molecule has 5 atom stereocenters. The van der Waals surface area contributed by atoms with E-state index >= 15 is 0 Å². The summed E-state index contributed by atoms with van der Waals surface area (Å²) in [6.45, 7) is 13.5. The predicted molar refractivity (Wildman–Crippen MR) is 136 cm³/mol. The second kappa shape index (κ2) is 10.7. The number of nitrogens with one attached hydrogen (secondary N) is 2. The summed E-state index contributed by atoms with van der Waals surface area (Å²) in [5, 5.41) is 2.59. The summed E-state index contributed by atoms with van der Waals surface area (Å²) in [6, 6.07) is 1.11. The average molecular weight is 551 g/mol. The van der Waals surface area contributed by atoms with Crippen molar-refractivity contribution in [2.24, 2.45) is 0 Å². The fraction of sp³-hybridized carbons (Fsp3) is 0.739. The van der Waals surface area contributed by atoms with Crippen molar-refractivity contribution in [1.29, 1.82) is 0 Å². The Morgan fingerprint density at radius 1 is 1.23 bits per heavy atom. The van der Waals surface area contributed by atoms with E-state index in [2.05, 4.69) is 10.0 Å². The molecule has 35 heavy (non-hydrogen) atoms. The van der Waals surface area contributed by atoms with Crippen molar-refractivity contribution in [3.63, 3.8) is 0 Å². The molecule has 12 heteroatoms. The Bertz CT molecular complexity index is 1180. The lowest BCUT2D eigenvalue weighted by atomic mass is 9.90. The Kier molecular flexibility index (Phi) is 9.16. The van der Waals surface area contributed by atoms with Gasteiger partial charge in [-0.3, -0.25) is 9.59 Å². The van der Waals surface area contributed by atoms with Crippen molar-refractivity contribution in [3.8, 4) is 0 Å². The molecular formula is C23H38N2O7S3. The lowest BCUT2D eigenvalue weighted by molar-refractivity contribution is -0.158. The largest absolute Gasteiger partial charge is 0.357 e. The van der Waals surface area contributed by atoms with Crippen LogP contribution in [0.4, 0.5) is 0 Å². The average Bonchev–Trinajstić information content (AvgIpc) is 3.24. The molecule has 9 nitrogen and oxygen atoms in total. The first kappa shape index (κ1) is 30.0. The van der Waals surface area contributed by atoms with E-state index in [0.29, 0.717) is 36.3 Å². The zero-order valence-corrected chi connectivity index (χ0v) is 24.2. The van der Waals surface area contributed by atoms with Gasteiger partial charge in [0.1, 0.15) is 20.1 Å². The minimum Gasteiger partial charge on any atom is -0.357 e. The van der Waals surface area contributed by atoms with Crippen molar-refractivity contribution in [3.05, 3.63) is 11.6 Å². The van der Waals surface area contributed by atoms with Crippen LogP contribution < -0.4 is 10.0 Å². The van der Waals surface area contributed by atoms with Crippen LogP contribution in [0.3, 0.4) is 0 Å². The highest BCUT2D eigenvalue weighted by molar-refractivity contribution is 7.95. The number of thiophene rings is 1. The van der Waals surface area contributed by atoms with Crippen molar-refractivity contribution in [2.45, 2.75) is 112 Å². The molecule has 2 unspecified atom stereocenters. The van der Waals surface area contributed by atoms with E-state index in [0.717, 1.165) is 0 Å². The fourth-order valence-electron chi connectivity index (χ4n) is 4.12. The van der Waals surface area contributed by atoms with Crippen LogP contribution in [0.15, 0.2) is 14.5 Å². The lowest BCUT2D eigenvalue weighted by Gasteiger charge is -2.34. The number of hydrogen-bond acceptors (Lipinski definition) is 9. The molecular weight excluding hydrogens is 512 g/mol. The Hall–Kier alpha value is -1.18. The van der Waals surface area contributed by atoms with Gasteiger partial charge in [0.25, 0.3) is 10.0 Å². The second-order valence-electron chi connectivity index (χ2n) is 9.57. The molecule has 0 aromatic carbocycles. The number of hydrogen-bond donors (Lipinski definition) is 2. The molecule has 0 aliphatic carbocycles. The normalized spacial score (nSPS) is 24.1. The van der Waals surface area contributed by atoms with Crippen molar-refractivity contribution in [1.82, 2.24) is 10.0 Å². The Labute approximate surface area is 213 Å². The van der Waals surface area contributed by atoms with Crippen LogP contribution in [0.5, 0.6) is 0 Å². The third-order valence-corrected chi connectivity index (χ3v) is 13.0. The number of sulfone groups is 1. The summed E-state index contributed by atoms with van der Waals surface area (Å²) in [5.74, 6) is -0.745. The van der Waals surface area contributed by atoms with Gasteiger partial charge in [0.05, 0.1) is 10.8 Å². The van der Waals surface area contributed by atoms with Crippen molar-refractivity contribution in [2.75, 3.05) is 6.54 Å². The van der Waals surface area contributed by atoms with Gasteiger partial charge in [-0.2, -0.15) is 4.72 Å². The van der Waals surface area contributed by atoms with Crippen LogP contribution in [0.1, 0.15) is 86.3 Å². The molecule has 0 spiro atoms. The number of ether oxygens (including phenoxy) is 1. The quantitative estimate of drug-likeness (QED) is 0.405. The molecule has 0 saturated carbocycles. The lowest BCUT2D eigenvalue weighted by Crippen LogP contribution is -2.56. The molecule has 2 heterocycles. The number of Topliss-reactive ketones (excluding diaryl/α,β-unsaturated/α-hetero) is 2. The highest BCUT2D eigenvalue weighted by Gasteiger charge is 2.44. The molecule has 0 radical (unpaired) electrons. The number of carbonyl (C=O) groups excluding carboxylic acids is 2. The number of carbonyl (C=O) groups is 2. The highest BCUT2D eigenvalue weighted by Crippen LogP contribution is 2.43. The third-order valence-electron chi connectivity index (χ3n) is 6.98. The van der Waals surface area contributed by atoms with Crippen LogP contribution in [0.2, 0.25) is 0 Å². The molecule has 200 valence electrons. The maximum absolute atomic E-state index is 13.4. The van der Waals surface area contributed by atoms with E-state index in [1.807, 2.05) is 6.92 Å². The van der Waals surface area contributed by atoms with E-state index in [9.17, 15) is 26.4 Å². The number of rotatable bonds is 12. The third kappa shape index (κ3) is 5.88. The smallest absolute Gasteiger partial charge is 0.251 e. The van der Waals surface area contributed by atoms with Crippen LogP contribution in [0.25, 0.3) is 0 Å². The minimum atomic E-state index is -4.24. The molecule has 0 fully saturated rings.